The van der Waals surface area contributed by atoms with Crippen molar-refractivity contribution in [1.29, 1.82) is 0 Å². The molecule has 3 aromatic heterocycles. The number of aryl methyl sites for hydroxylation is 2. The normalized spacial score (nSPS) is 14.7. The van der Waals surface area contributed by atoms with E-state index in [1.807, 2.05) is 13.0 Å². The van der Waals surface area contributed by atoms with Crippen LogP contribution in [0.3, 0.4) is 0 Å². The summed E-state index contributed by atoms with van der Waals surface area (Å²) in [5.41, 5.74) is 2.11. The second-order valence-electron chi connectivity index (χ2n) is 8.50. The molecule has 0 spiro atoms. The number of furan rings is 1. The van der Waals surface area contributed by atoms with Crippen LogP contribution in [0.15, 0.2) is 34.9 Å². The third-order valence-electron chi connectivity index (χ3n) is 5.93. The molecule has 0 atom stereocenters. The summed E-state index contributed by atoms with van der Waals surface area (Å²) < 4.78 is 41.1. The molecule has 1 aliphatic heterocycles. The monoisotopic (exact) mass is 468 g/mol. The number of nitrogens with one attached hydrogen (secondary N) is 2. The fraction of sp³-hybridized carbons (Fsp3) is 0.333. The minimum absolute atomic E-state index is 0.161. The summed E-state index contributed by atoms with van der Waals surface area (Å²) in [6.45, 7) is 7.05. The van der Waals surface area contributed by atoms with Crippen molar-refractivity contribution in [3.05, 3.63) is 53.4 Å². The first-order valence-corrected chi connectivity index (χ1v) is 11.2. The van der Waals surface area contributed by atoms with E-state index in [2.05, 4.69) is 37.1 Å². The van der Waals surface area contributed by atoms with E-state index in [0.29, 0.717) is 23.0 Å². The Bertz CT molecular complexity index is 1330. The Balaban J connectivity index is 1.51. The molecule has 178 valence electrons. The van der Waals surface area contributed by atoms with Gasteiger partial charge in [-0.15, -0.1) is 0 Å². The number of rotatable bonds is 6. The van der Waals surface area contributed by atoms with Crippen LogP contribution in [0.1, 0.15) is 18.2 Å². The predicted octanol–water partition coefficient (Wildman–Crippen LogP) is 4.99. The van der Waals surface area contributed by atoms with E-state index in [1.165, 1.54) is 6.07 Å². The van der Waals surface area contributed by atoms with Gasteiger partial charge in [0.05, 0.1) is 11.8 Å². The molecule has 1 saturated heterocycles. The first kappa shape index (κ1) is 22.1. The molecule has 10 heteroatoms. The minimum Gasteiger partial charge on any atom is -0.448 e. The summed E-state index contributed by atoms with van der Waals surface area (Å²) in [5, 5.41) is 3.35. The van der Waals surface area contributed by atoms with E-state index in [9.17, 15) is 4.39 Å². The van der Waals surface area contributed by atoms with Gasteiger partial charge in [0.25, 0.3) is 0 Å². The van der Waals surface area contributed by atoms with Gasteiger partial charge in [0, 0.05) is 55.5 Å². The lowest BCUT2D eigenvalue weighted by Crippen LogP contribution is -2.44. The molecule has 0 unspecified atom stereocenters. The van der Waals surface area contributed by atoms with Gasteiger partial charge < -0.3 is 29.3 Å². The number of H-pyrrole nitrogens is 1. The summed E-state index contributed by atoms with van der Waals surface area (Å²) in [6.07, 6.45) is 2.50. The van der Waals surface area contributed by atoms with E-state index >= 15 is 4.39 Å². The third-order valence-corrected chi connectivity index (χ3v) is 5.93. The van der Waals surface area contributed by atoms with Gasteiger partial charge in [0.2, 0.25) is 5.75 Å². The van der Waals surface area contributed by atoms with Gasteiger partial charge >= 0.3 is 6.01 Å². The lowest BCUT2D eigenvalue weighted by atomic mass is 10.2. The molecule has 34 heavy (non-hydrogen) atoms. The molecule has 1 aliphatic rings. The molecule has 4 aromatic rings. The Hall–Kier alpha value is -3.66. The van der Waals surface area contributed by atoms with Gasteiger partial charge in [-0.1, -0.05) is 6.92 Å². The maximum atomic E-state index is 15.1. The summed E-state index contributed by atoms with van der Waals surface area (Å²) >= 11 is 0. The first-order chi connectivity index (χ1) is 16.4. The molecule has 5 rings (SSSR count). The highest BCUT2D eigenvalue weighted by molar-refractivity contribution is 5.83. The molecular formula is C24H26F2N6O2. The zero-order chi connectivity index (χ0) is 23.8. The van der Waals surface area contributed by atoms with Gasteiger partial charge in [0.1, 0.15) is 11.6 Å². The zero-order valence-electron chi connectivity index (χ0n) is 19.3. The molecular weight excluding hydrogens is 442 g/mol. The topological polar surface area (TPSA) is 82.5 Å². The van der Waals surface area contributed by atoms with Gasteiger partial charge in [0.15, 0.2) is 17.5 Å². The van der Waals surface area contributed by atoms with Crippen molar-refractivity contribution in [3.63, 3.8) is 0 Å². The standard InChI is InChI=1S/C24H26F2N6O2/c1-4-15-10-21(33-13-15)28-19-12-20(32-7-5-31(3)6-8-32)30-24(29-19)34-23-17(25)11-18-16(22(23)26)9-14(2)27-18/h9-13,27H,4-8H2,1-3H3,(H,28,29,30). The quantitative estimate of drug-likeness (QED) is 0.413. The van der Waals surface area contributed by atoms with E-state index < -0.39 is 17.4 Å². The Morgan fingerprint density at radius 2 is 1.91 bits per heavy atom. The number of hydrogen-bond donors (Lipinski definition) is 2. The van der Waals surface area contributed by atoms with Crippen LogP contribution < -0.4 is 15.0 Å². The molecule has 0 saturated carbocycles. The summed E-state index contributed by atoms with van der Waals surface area (Å²) in [7, 11) is 2.06. The van der Waals surface area contributed by atoms with Crippen LogP contribution in [0.5, 0.6) is 11.8 Å². The Labute approximate surface area is 195 Å². The summed E-state index contributed by atoms with van der Waals surface area (Å²) in [6, 6.07) is 6.30. The largest absolute Gasteiger partial charge is 0.448 e. The van der Waals surface area contributed by atoms with E-state index in [4.69, 9.17) is 9.15 Å². The predicted molar refractivity (Wildman–Crippen MR) is 126 cm³/mol. The van der Waals surface area contributed by atoms with Gasteiger partial charge in [-0.3, -0.25) is 0 Å². The lowest BCUT2D eigenvalue weighted by molar-refractivity contribution is 0.311. The van der Waals surface area contributed by atoms with Gasteiger partial charge in [-0.2, -0.15) is 9.97 Å². The Morgan fingerprint density at radius 3 is 2.65 bits per heavy atom. The van der Waals surface area contributed by atoms with E-state index in [1.54, 1.807) is 25.3 Å². The maximum absolute atomic E-state index is 15.1. The van der Waals surface area contributed by atoms with Crippen molar-refractivity contribution in [2.24, 2.45) is 0 Å². The van der Waals surface area contributed by atoms with Crippen molar-refractivity contribution < 1.29 is 17.9 Å². The maximum Gasteiger partial charge on any atom is 0.326 e. The first-order valence-electron chi connectivity index (χ1n) is 11.2. The number of piperazine rings is 1. The number of fused-ring (bicyclic) bond motifs is 1. The minimum atomic E-state index is -0.839. The summed E-state index contributed by atoms with van der Waals surface area (Å²) in [5.74, 6) is -0.682. The number of halogens is 2. The number of aromatic amines is 1. The fourth-order valence-electron chi connectivity index (χ4n) is 3.98. The van der Waals surface area contributed by atoms with Crippen LogP contribution in [-0.2, 0) is 6.42 Å². The van der Waals surface area contributed by atoms with Crippen LogP contribution in [0.2, 0.25) is 0 Å². The van der Waals surface area contributed by atoms with Gasteiger partial charge in [-0.25, -0.2) is 8.78 Å². The molecule has 0 amide bonds. The van der Waals surface area contributed by atoms with Crippen molar-refractivity contribution >= 4 is 28.4 Å². The summed E-state index contributed by atoms with van der Waals surface area (Å²) in [4.78, 5) is 16.1. The molecule has 1 aromatic carbocycles. The second kappa shape index (κ2) is 8.94. The Kier molecular flexibility index (Phi) is 5.82. The molecule has 0 bridgehead atoms. The molecule has 8 nitrogen and oxygen atoms in total. The third kappa shape index (κ3) is 4.41. The molecule has 4 heterocycles. The van der Waals surface area contributed by atoms with Crippen molar-refractivity contribution in [1.82, 2.24) is 19.9 Å². The highest BCUT2D eigenvalue weighted by atomic mass is 19.1. The Morgan fingerprint density at radius 1 is 1.12 bits per heavy atom. The molecule has 0 aliphatic carbocycles. The fourth-order valence-corrected chi connectivity index (χ4v) is 3.98. The highest BCUT2D eigenvalue weighted by Gasteiger charge is 2.22. The SMILES string of the molecule is CCc1coc(Nc2cc(N3CCN(C)CC3)nc(Oc3c(F)cc4[nH]c(C)cc4c3F)n2)c1. The van der Waals surface area contributed by atoms with E-state index in [-0.39, 0.29) is 11.4 Å². The van der Waals surface area contributed by atoms with Crippen molar-refractivity contribution in [3.8, 4) is 11.8 Å². The number of nitrogens with zero attached hydrogens (tertiary/aromatic N) is 4. The van der Waals surface area contributed by atoms with Crippen molar-refractivity contribution in [2.75, 3.05) is 43.4 Å². The number of ether oxygens (including phenoxy) is 1. The highest BCUT2D eigenvalue weighted by Crippen LogP contribution is 2.34. The smallest absolute Gasteiger partial charge is 0.326 e. The van der Waals surface area contributed by atoms with Gasteiger partial charge in [-0.05, 0) is 32.0 Å². The lowest BCUT2D eigenvalue weighted by Gasteiger charge is -2.33. The molecule has 1 fully saturated rings. The van der Waals surface area contributed by atoms with Crippen molar-refractivity contribution in [2.45, 2.75) is 20.3 Å². The number of aromatic nitrogens is 3. The number of hydrogen-bond acceptors (Lipinski definition) is 7. The zero-order valence-corrected chi connectivity index (χ0v) is 19.3. The van der Waals surface area contributed by atoms with Crippen LogP contribution in [0.25, 0.3) is 10.9 Å². The number of benzene rings is 1. The van der Waals surface area contributed by atoms with Crippen LogP contribution in [-0.4, -0.2) is 53.1 Å². The number of likely N-dealkylation sites (N-methyl/N-ethyl adjacent to an activating group) is 1. The van der Waals surface area contributed by atoms with Crippen LogP contribution in [0.4, 0.5) is 26.3 Å². The van der Waals surface area contributed by atoms with Crippen LogP contribution >= 0.6 is 0 Å². The average Bonchev–Trinajstić information content (AvgIpc) is 3.42. The molecule has 0 radical (unpaired) electrons. The van der Waals surface area contributed by atoms with Crippen LogP contribution in [0, 0.1) is 18.6 Å². The second-order valence-corrected chi connectivity index (χ2v) is 8.50. The van der Waals surface area contributed by atoms with E-state index in [0.717, 1.165) is 43.9 Å². The average molecular weight is 469 g/mol. The number of anilines is 3. The molecule has 2 N–H and O–H groups in total.